The third-order valence-corrected chi connectivity index (χ3v) is 5.78. The number of unbranched alkanes of at least 4 members (excludes halogenated alkanes) is 1. The van der Waals surface area contributed by atoms with Gasteiger partial charge in [0.1, 0.15) is 29.4 Å². The van der Waals surface area contributed by atoms with Gasteiger partial charge in [-0.3, -0.25) is 9.88 Å². The number of pyridine rings is 1. The molecule has 0 bridgehead atoms. The number of H-pyrrole nitrogens is 1. The maximum absolute atomic E-state index is 6.15. The number of benzene rings is 1. The molecule has 3 aromatic rings. The van der Waals surface area contributed by atoms with E-state index in [1.54, 1.807) is 6.07 Å². The molecule has 0 amide bonds. The van der Waals surface area contributed by atoms with Gasteiger partial charge in [-0.1, -0.05) is 23.1 Å². The zero-order valence-corrected chi connectivity index (χ0v) is 16.7. The lowest BCUT2D eigenvalue weighted by Gasteiger charge is -2.34. The van der Waals surface area contributed by atoms with Crippen LogP contribution in [0, 0.1) is 0 Å². The van der Waals surface area contributed by atoms with Crippen LogP contribution >= 0.6 is 0 Å². The minimum Gasteiger partial charge on any atom is -0.341 e. The molecule has 3 N–H and O–H groups in total. The number of hydrogen-bond acceptors (Lipinski definition) is 4. The van der Waals surface area contributed by atoms with Crippen molar-refractivity contribution >= 4 is 51.0 Å². The second-order valence-corrected chi connectivity index (χ2v) is 7.80. The van der Waals surface area contributed by atoms with Gasteiger partial charge < -0.3 is 10.7 Å². The van der Waals surface area contributed by atoms with Gasteiger partial charge in [0.2, 0.25) is 0 Å². The lowest BCUT2D eigenvalue weighted by atomic mass is 9.76. The summed E-state index contributed by atoms with van der Waals surface area (Å²) >= 11 is 0. The van der Waals surface area contributed by atoms with Crippen molar-refractivity contribution in [3.05, 3.63) is 41.5 Å². The third kappa shape index (κ3) is 4.14. The number of fused-ring (bicyclic) bond motifs is 2. The van der Waals surface area contributed by atoms with Crippen molar-refractivity contribution in [3.8, 4) is 0 Å². The normalized spacial score (nSPS) is 16.4. The van der Waals surface area contributed by atoms with Gasteiger partial charge >= 0.3 is 0 Å². The van der Waals surface area contributed by atoms with E-state index in [0.29, 0.717) is 40.5 Å². The van der Waals surface area contributed by atoms with Crippen LogP contribution in [0.2, 0.25) is 0 Å². The van der Waals surface area contributed by atoms with E-state index in [-0.39, 0.29) is 6.04 Å². The van der Waals surface area contributed by atoms with Crippen LogP contribution in [0.4, 0.5) is 0 Å². The predicted octanol–water partition coefficient (Wildman–Crippen LogP) is -0.0422. The monoisotopic (exact) mass is 379 g/mol. The summed E-state index contributed by atoms with van der Waals surface area (Å²) in [5.41, 5.74) is 11.1. The lowest BCUT2D eigenvalue weighted by Crippen LogP contribution is -2.33. The SMILES string of the molecule is [B]c1cc([B])c2nc(CN(CCCCN)[C@H]3CCCc4cccnc43)[nH]c2c1[B]. The molecule has 0 fully saturated rings. The van der Waals surface area contributed by atoms with Crippen LogP contribution in [0.1, 0.15) is 48.8 Å². The van der Waals surface area contributed by atoms with Crippen molar-refractivity contribution < 1.29 is 0 Å². The molecule has 8 heteroatoms. The van der Waals surface area contributed by atoms with Crippen LogP contribution in [0.15, 0.2) is 24.4 Å². The van der Waals surface area contributed by atoms with E-state index in [9.17, 15) is 0 Å². The predicted molar refractivity (Wildman–Crippen MR) is 121 cm³/mol. The Labute approximate surface area is 176 Å². The van der Waals surface area contributed by atoms with Crippen LogP contribution in [-0.2, 0) is 13.0 Å². The Hall–Kier alpha value is -2.05. The van der Waals surface area contributed by atoms with Crippen LogP contribution in [0.5, 0.6) is 0 Å². The summed E-state index contributed by atoms with van der Waals surface area (Å²) in [5, 5.41) is 0. The average molecular weight is 379 g/mol. The number of rotatable bonds is 7. The number of nitrogens with two attached hydrogens (primary N) is 1. The van der Waals surface area contributed by atoms with Crippen molar-refractivity contribution in [2.75, 3.05) is 13.1 Å². The topological polar surface area (TPSA) is 70.8 Å². The highest BCUT2D eigenvalue weighted by Gasteiger charge is 2.27. The molecule has 4 rings (SSSR count). The number of nitrogens with zero attached hydrogens (tertiary/aromatic N) is 3. The van der Waals surface area contributed by atoms with Crippen LogP contribution in [-0.4, -0.2) is 56.5 Å². The van der Waals surface area contributed by atoms with E-state index in [2.05, 4.69) is 16.0 Å². The highest BCUT2D eigenvalue weighted by molar-refractivity contribution is 6.55. The summed E-state index contributed by atoms with van der Waals surface area (Å²) < 4.78 is 0. The molecule has 1 aliphatic carbocycles. The van der Waals surface area contributed by atoms with Gasteiger partial charge in [-0.25, -0.2) is 4.98 Å². The third-order valence-electron chi connectivity index (χ3n) is 5.78. The van der Waals surface area contributed by atoms with E-state index < -0.39 is 0 Å². The van der Waals surface area contributed by atoms with Gasteiger partial charge in [-0.15, -0.1) is 5.46 Å². The van der Waals surface area contributed by atoms with E-state index in [4.69, 9.17) is 39.2 Å². The first-order chi connectivity index (χ1) is 14.1. The largest absolute Gasteiger partial charge is 0.341 e. The molecule has 0 saturated carbocycles. The molecule has 29 heavy (non-hydrogen) atoms. The summed E-state index contributed by atoms with van der Waals surface area (Å²) in [5.74, 6) is 0.833. The van der Waals surface area contributed by atoms with Gasteiger partial charge in [0, 0.05) is 6.20 Å². The second kappa shape index (κ2) is 8.76. The zero-order valence-electron chi connectivity index (χ0n) is 16.7. The highest BCUT2D eigenvalue weighted by Crippen LogP contribution is 2.33. The number of aromatic amines is 1. The number of imidazole rings is 1. The van der Waals surface area contributed by atoms with Gasteiger partial charge in [0.25, 0.3) is 0 Å². The highest BCUT2D eigenvalue weighted by atomic mass is 15.2. The van der Waals surface area contributed by atoms with E-state index in [0.717, 1.165) is 44.5 Å². The summed E-state index contributed by atoms with van der Waals surface area (Å²) in [7, 11) is 18.2. The Balaban J connectivity index is 1.66. The van der Waals surface area contributed by atoms with E-state index in [1.165, 1.54) is 11.3 Å². The maximum atomic E-state index is 6.15. The first kappa shape index (κ1) is 20.2. The molecule has 6 radical (unpaired) electrons. The van der Waals surface area contributed by atoms with E-state index in [1.807, 2.05) is 12.3 Å². The molecular formula is C21H24B3N5. The Morgan fingerprint density at radius 2 is 2.07 bits per heavy atom. The quantitative estimate of drug-likeness (QED) is 0.447. The molecule has 0 saturated heterocycles. The number of hydrogen-bond donors (Lipinski definition) is 2. The van der Waals surface area contributed by atoms with Crippen molar-refractivity contribution in [2.24, 2.45) is 5.73 Å². The van der Waals surface area contributed by atoms with Crippen LogP contribution in [0.25, 0.3) is 11.0 Å². The van der Waals surface area contributed by atoms with Crippen LogP contribution < -0.4 is 22.1 Å². The molecule has 142 valence electrons. The molecule has 2 aromatic heterocycles. The van der Waals surface area contributed by atoms with Crippen molar-refractivity contribution in [2.45, 2.75) is 44.7 Å². The van der Waals surface area contributed by atoms with Gasteiger partial charge in [-0.2, -0.15) is 0 Å². The molecule has 0 spiro atoms. The summed E-state index contributed by atoms with van der Waals surface area (Å²) in [6.07, 6.45) is 7.26. The number of aromatic nitrogens is 3. The van der Waals surface area contributed by atoms with Gasteiger partial charge in [0.05, 0.1) is 29.3 Å². The molecule has 5 nitrogen and oxygen atoms in total. The minimum atomic E-state index is 0.269. The first-order valence-corrected chi connectivity index (χ1v) is 10.3. The molecular weight excluding hydrogens is 355 g/mol. The van der Waals surface area contributed by atoms with Gasteiger partial charge in [0.15, 0.2) is 0 Å². The number of aryl methyl sites for hydroxylation is 1. The van der Waals surface area contributed by atoms with Crippen molar-refractivity contribution in [1.82, 2.24) is 19.9 Å². The molecule has 0 aliphatic heterocycles. The number of nitrogens with one attached hydrogen (secondary N) is 1. The molecule has 2 heterocycles. The minimum absolute atomic E-state index is 0.269. The van der Waals surface area contributed by atoms with E-state index >= 15 is 0 Å². The zero-order chi connectivity index (χ0) is 20.4. The Kier molecular flexibility index (Phi) is 6.11. The second-order valence-electron chi connectivity index (χ2n) is 7.80. The van der Waals surface area contributed by atoms with Crippen molar-refractivity contribution in [1.29, 1.82) is 0 Å². The van der Waals surface area contributed by atoms with Crippen LogP contribution in [0.3, 0.4) is 0 Å². The lowest BCUT2D eigenvalue weighted by molar-refractivity contribution is 0.159. The Morgan fingerprint density at radius 1 is 1.21 bits per heavy atom. The Morgan fingerprint density at radius 3 is 2.90 bits per heavy atom. The molecule has 1 aromatic carbocycles. The smallest absolute Gasteiger partial charge is 0.121 e. The fraction of sp³-hybridized carbons (Fsp3) is 0.429. The summed E-state index contributed by atoms with van der Waals surface area (Å²) in [6.45, 7) is 2.30. The fourth-order valence-electron chi connectivity index (χ4n) is 4.30. The molecule has 1 atom stereocenters. The first-order valence-electron chi connectivity index (χ1n) is 10.3. The molecule has 1 aliphatic rings. The summed E-state index contributed by atoms with van der Waals surface area (Å²) in [6, 6.07) is 6.15. The van der Waals surface area contributed by atoms with Gasteiger partial charge in [-0.05, 0) is 56.8 Å². The average Bonchev–Trinajstić information content (AvgIpc) is 3.16. The summed E-state index contributed by atoms with van der Waals surface area (Å²) in [4.78, 5) is 15.2. The molecule has 0 unspecified atom stereocenters. The standard InChI is InChI=1S/C21H24B3N5/c22-14-11-15(23)20-21(18(14)24)28-17(27-20)12-29(10-2-1-8-25)16-7-3-5-13-6-4-9-26-19(13)16/h4,6,9,11,16H,1-3,5,7-8,10,12,25H2,(H,27,28)/t16-/m0/s1. The van der Waals surface area contributed by atoms with Crippen molar-refractivity contribution in [3.63, 3.8) is 0 Å². The Bertz CT molecular complexity index is 1000. The fourth-order valence-corrected chi connectivity index (χ4v) is 4.30. The maximum Gasteiger partial charge on any atom is 0.121 e.